The number of rotatable bonds is 7. The molecule has 242 valence electrons. The van der Waals surface area contributed by atoms with Crippen LogP contribution in [-0.2, 0) is 33.4 Å². The first-order chi connectivity index (χ1) is 20.4. The van der Waals surface area contributed by atoms with Crippen LogP contribution >= 0.6 is 0 Å². The largest absolute Gasteiger partial charge is 0.472 e. The second-order valence-electron chi connectivity index (χ2n) is 14.9. The van der Waals surface area contributed by atoms with E-state index in [1.807, 2.05) is 20.8 Å². The van der Waals surface area contributed by atoms with Crippen LogP contribution < -0.4 is 0 Å². The molecule has 44 heavy (non-hydrogen) atoms. The van der Waals surface area contributed by atoms with Gasteiger partial charge in [-0.1, -0.05) is 27.7 Å². The van der Waals surface area contributed by atoms with Gasteiger partial charge in [0.25, 0.3) is 5.97 Å². The van der Waals surface area contributed by atoms with Crippen LogP contribution in [0.25, 0.3) is 0 Å². The smallest absolute Gasteiger partial charge is 0.305 e. The predicted octanol–water partition coefficient (Wildman–Crippen LogP) is 2.61. The minimum Gasteiger partial charge on any atom is -0.472 e. The molecule has 6 fully saturated rings. The Morgan fingerprint density at radius 3 is 2.32 bits per heavy atom. The molecule has 1 amide bonds. The van der Waals surface area contributed by atoms with Crippen molar-refractivity contribution in [3.63, 3.8) is 0 Å². The molecule has 4 aliphatic carbocycles. The van der Waals surface area contributed by atoms with E-state index >= 15 is 0 Å². The van der Waals surface area contributed by atoms with Crippen molar-refractivity contribution in [2.75, 3.05) is 21.3 Å². The number of ether oxygens (including phenoxy) is 4. The number of aliphatic hydroxyl groups is 2. The van der Waals surface area contributed by atoms with Gasteiger partial charge in [0.2, 0.25) is 5.91 Å². The Morgan fingerprint density at radius 1 is 1.02 bits per heavy atom. The molecule has 6 aliphatic rings. The maximum absolute atomic E-state index is 14.4. The van der Waals surface area contributed by atoms with E-state index in [4.69, 9.17) is 28.2 Å². The first-order valence-electron chi connectivity index (χ1n) is 15.4. The number of nitrogens with zero attached hydrogens (tertiary/aromatic N) is 1. The van der Waals surface area contributed by atoms with E-state index in [2.05, 4.69) is 0 Å². The zero-order valence-corrected chi connectivity index (χ0v) is 26.6. The molecule has 12 nitrogen and oxygen atoms in total. The number of ketones is 1. The highest BCUT2D eigenvalue weighted by molar-refractivity contribution is 6.01. The van der Waals surface area contributed by atoms with Crippen molar-refractivity contribution in [2.45, 2.75) is 101 Å². The maximum atomic E-state index is 14.4. The maximum Gasteiger partial charge on any atom is 0.305 e. The molecular formula is C32H43NO11. The van der Waals surface area contributed by atoms with Gasteiger partial charge >= 0.3 is 5.97 Å². The van der Waals surface area contributed by atoms with Gasteiger partial charge in [-0.2, -0.15) is 0 Å². The monoisotopic (exact) mass is 617 g/mol. The minimum atomic E-state index is -1.88. The molecule has 0 aromatic carbocycles. The summed E-state index contributed by atoms with van der Waals surface area (Å²) in [7, 11) is 4.19. The van der Waals surface area contributed by atoms with Crippen LogP contribution in [0.3, 0.4) is 0 Å². The van der Waals surface area contributed by atoms with Gasteiger partial charge in [0.15, 0.2) is 5.78 Å². The summed E-state index contributed by atoms with van der Waals surface area (Å²) in [6, 6.07) is 1.57. The highest BCUT2D eigenvalue weighted by Gasteiger charge is 3.01. The number of furan rings is 1. The summed E-state index contributed by atoms with van der Waals surface area (Å²) >= 11 is 0. The third kappa shape index (κ3) is 2.79. The molecule has 2 spiro atoms. The first kappa shape index (κ1) is 30.3. The van der Waals surface area contributed by atoms with Gasteiger partial charge in [-0.05, 0) is 42.6 Å². The molecular weight excluding hydrogens is 574 g/mol. The molecule has 0 radical (unpaired) electrons. The van der Waals surface area contributed by atoms with Crippen molar-refractivity contribution in [3.05, 3.63) is 24.2 Å². The lowest BCUT2D eigenvalue weighted by Gasteiger charge is -2.76. The number of aliphatic hydroxyl groups excluding tert-OH is 1. The lowest BCUT2D eigenvalue weighted by Crippen LogP contribution is -2.92. The molecule has 1 aromatic heterocycles. The minimum absolute atomic E-state index is 0.0320. The molecule has 12 unspecified atom stereocenters. The zero-order valence-electron chi connectivity index (χ0n) is 26.6. The normalized spacial score (nSPS) is 52.6. The van der Waals surface area contributed by atoms with Gasteiger partial charge in [0.1, 0.15) is 34.8 Å². The topological polar surface area (TPSA) is 154 Å². The Hall–Kier alpha value is -2.35. The molecule has 3 heterocycles. The van der Waals surface area contributed by atoms with Gasteiger partial charge in [0, 0.05) is 43.6 Å². The van der Waals surface area contributed by atoms with Gasteiger partial charge in [-0.3, -0.25) is 19.2 Å². The molecule has 2 saturated heterocycles. The van der Waals surface area contributed by atoms with E-state index in [1.165, 1.54) is 33.8 Å². The Kier molecular flexibility index (Phi) is 5.86. The van der Waals surface area contributed by atoms with Crippen molar-refractivity contribution in [3.8, 4) is 0 Å². The van der Waals surface area contributed by atoms with E-state index in [0.717, 1.165) is 5.06 Å². The Balaban J connectivity index is 1.52. The van der Waals surface area contributed by atoms with Gasteiger partial charge in [0.05, 0.1) is 26.0 Å². The van der Waals surface area contributed by atoms with Crippen molar-refractivity contribution >= 4 is 17.7 Å². The summed E-state index contributed by atoms with van der Waals surface area (Å²) in [5.74, 6) is -4.85. The average Bonchev–Trinajstić information content (AvgIpc) is 3.68. The number of methoxy groups -OCH3 is 1. The number of hydrogen-bond donors (Lipinski definition) is 2. The molecule has 2 aliphatic heterocycles. The number of amides is 1. The molecule has 12 atom stereocenters. The second kappa shape index (κ2) is 8.51. The van der Waals surface area contributed by atoms with Crippen LogP contribution in [0, 0.1) is 34.0 Å². The number of Topliss-reactive ketones (excluding diaryl/α,β-unsaturated/α-hetero) is 1. The Bertz CT molecular complexity index is 1450. The van der Waals surface area contributed by atoms with E-state index in [-0.39, 0.29) is 31.5 Å². The molecule has 12 heteroatoms. The van der Waals surface area contributed by atoms with Crippen molar-refractivity contribution in [1.29, 1.82) is 0 Å². The van der Waals surface area contributed by atoms with E-state index < -0.39 is 80.4 Å². The van der Waals surface area contributed by atoms with Crippen molar-refractivity contribution < 1.29 is 52.8 Å². The lowest BCUT2D eigenvalue weighted by atomic mass is 9.33. The van der Waals surface area contributed by atoms with Crippen LogP contribution in [0.2, 0.25) is 0 Å². The van der Waals surface area contributed by atoms with Crippen LogP contribution in [-0.4, -0.2) is 88.7 Å². The molecule has 4 bridgehead atoms. The fraction of sp³-hybridized carbons (Fsp3) is 0.781. The SMILES string of the molecule is COC(=O)CC1C2(C)CC34OC5(C)OC6(C(CC(=O)N(C)OC)C(C)(C(=O)c7ccoc7)CCC6(O5)C13C)C(O)C4(O)C2C. The summed E-state index contributed by atoms with van der Waals surface area (Å²) in [5, 5.41) is 27.0. The summed E-state index contributed by atoms with van der Waals surface area (Å²) in [5.41, 5.74) is -9.12. The van der Waals surface area contributed by atoms with Gasteiger partial charge in [-0.25, -0.2) is 5.06 Å². The summed E-state index contributed by atoms with van der Waals surface area (Å²) in [6.07, 6.45) is 1.78. The van der Waals surface area contributed by atoms with Crippen LogP contribution in [0.4, 0.5) is 0 Å². The van der Waals surface area contributed by atoms with Crippen LogP contribution in [0.1, 0.15) is 77.1 Å². The molecule has 4 saturated carbocycles. The zero-order chi connectivity index (χ0) is 32.1. The highest BCUT2D eigenvalue weighted by atomic mass is 16.9. The molecule has 1 aromatic rings. The quantitative estimate of drug-likeness (QED) is 0.264. The Labute approximate surface area is 256 Å². The first-order valence-corrected chi connectivity index (χ1v) is 15.4. The second-order valence-corrected chi connectivity index (χ2v) is 14.9. The highest BCUT2D eigenvalue weighted by Crippen LogP contribution is 2.89. The Morgan fingerprint density at radius 2 is 1.70 bits per heavy atom. The van der Waals surface area contributed by atoms with Crippen molar-refractivity contribution in [2.24, 2.45) is 34.0 Å². The van der Waals surface area contributed by atoms with Crippen molar-refractivity contribution in [1.82, 2.24) is 5.06 Å². The third-order valence-corrected chi connectivity index (χ3v) is 13.8. The number of carbonyl (C=O) groups excluding carboxylic acids is 3. The fourth-order valence-corrected chi connectivity index (χ4v) is 11.8. The van der Waals surface area contributed by atoms with Gasteiger partial charge in [-0.15, -0.1) is 0 Å². The number of hydrogen-bond acceptors (Lipinski definition) is 11. The van der Waals surface area contributed by atoms with E-state index in [1.54, 1.807) is 19.9 Å². The third-order valence-electron chi connectivity index (χ3n) is 13.8. The van der Waals surface area contributed by atoms with Crippen LogP contribution in [0.15, 0.2) is 23.0 Å². The van der Waals surface area contributed by atoms with Gasteiger partial charge < -0.3 is 33.6 Å². The fourth-order valence-electron chi connectivity index (χ4n) is 11.8. The number of fused-ring (bicyclic) bond motifs is 2. The molecule has 2 N–H and O–H groups in total. The summed E-state index contributed by atoms with van der Waals surface area (Å²) < 4.78 is 31.1. The number of hydroxylamine groups is 2. The predicted molar refractivity (Wildman–Crippen MR) is 149 cm³/mol. The average molecular weight is 618 g/mol. The lowest BCUT2D eigenvalue weighted by molar-refractivity contribution is -0.475. The number of esters is 1. The van der Waals surface area contributed by atoms with Crippen LogP contribution in [0.5, 0.6) is 0 Å². The van der Waals surface area contributed by atoms with E-state index in [9.17, 15) is 24.6 Å². The standard InChI is InChI=1S/C32H43NO11/c1-17-26(3)16-30-27(4,19(26)14-22(35)39-7)29-11-10-25(2,23(36)18-9-12-41-15-18)20(13-21(34)33(6)40-8)32(29,24(37)31(17,30)38)44-28(5,42-29)43-30/h9,12,15,17,19-20,24,37-38H,10-11,13-14,16H2,1-8H3. The summed E-state index contributed by atoms with van der Waals surface area (Å²) in [6.45, 7) is 9.29. The summed E-state index contributed by atoms with van der Waals surface area (Å²) in [4.78, 5) is 46.5. The van der Waals surface area contributed by atoms with E-state index in [0.29, 0.717) is 12.0 Å². The molecule has 7 rings (SSSR count). The number of carbonyl (C=O) groups is 3.